The van der Waals surface area contributed by atoms with Crippen LogP contribution in [-0.4, -0.2) is 57.2 Å². The molecular weight excluding hydrogens is 354 g/mol. The van der Waals surface area contributed by atoms with Crippen molar-refractivity contribution in [1.82, 2.24) is 13.9 Å². The average Bonchev–Trinajstić information content (AvgIpc) is 2.65. The molecule has 0 saturated carbocycles. The molecule has 1 aliphatic rings. The predicted octanol–water partition coefficient (Wildman–Crippen LogP) is 1.61. The van der Waals surface area contributed by atoms with Crippen molar-refractivity contribution >= 4 is 16.1 Å². The van der Waals surface area contributed by atoms with E-state index in [4.69, 9.17) is 4.74 Å². The zero-order valence-corrected chi connectivity index (χ0v) is 16.6. The van der Waals surface area contributed by atoms with E-state index in [1.54, 1.807) is 21.2 Å². The van der Waals surface area contributed by atoms with Crippen molar-refractivity contribution in [3.8, 4) is 5.75 Å². The van der Waals surface area contributed by atoms with Crippen LogP contribution in [0.4, 0.5) is 0 Å². The highest BCUT2D eigenvalue weighted by molar-refractivity contribution is 7.86. The molecule has 0 aliphatic carbocycles. The number of benzene rings is 1. The highest BCUT2D eigenvalue weighted by Crippen LogP contribution is 2.23. The van der Waals surface area contributed by atoms with Crippen LogP contribution in [0, 0.1) is 5.92 Å². The molecule has 0 radical (unpaired) electrons. The summed E-state index contributed by atoms with van der Waals surface area (Å²) in [7, 11) is 1.34. The predicted molar refractivity (Wildman–Crippen MR) is 101 cm³/mol. The van der Waals surface area contributed by atoms with E-state index >= 15 is 0 Å². The van der Waals surface area contributed by atoms with Crippen LogP contribution in [0.25, 0.3) is 0 Å². The molecular formula is C18H29N3O4S. The maximum absolute atomic E-state index is 12.2. The van der Waals surface area contributed by atoms with Gasteiger partial charge in [-0.1, -0.05) is 12.1 Å². The largest absolute Gasteiger partial charge is 0.497 e. The molecule has 0 spiro atoms. The van der Waals surface area contributed by atoms with Crippen molar-refractivity contribution in [3.63, 3.8) is 0 Å². The highest BCUT2D eigenvalue weighted by atomic mass is 32.2. The first-order valence-electron chi connectivity index (χ1n) is 8.90. The van der Waals surface area contributed by atoms with E-state index in [-0.39, 0.29) is 11.8 Å². The lowest BCUT2D eigenvalue weighted by Crippen LogP contribution is -2.45. The zero-order chi connectivity index (χ0) is 19.2. The van der Waals surface area contributed by atoms with Gasteiger partial charge in [-0.05, 0) is 42.9 Å². The Morgan fingerprint density at radius 1 is 1.38 bits per heavy atom. The third kappa shape index (κ3) is 5.69. The Kier molecular flexibility index (Phi) is 7.43. The second-order valence-electron chi connectivity index (χ2n) is 6.82. The number of hydrogen-bond donors (Lipinski definition) is 1. The number of ether oxygens (including phenoxy) is 1. The Bertz CT molecular complexity index is 706. The summed E-state index contributed by atoms with van der Waals surface area (Å²) in [5, 5.41) is 2.91. The normalized spacial score (nSPS) is 18.7. The van der Waals surface area contributed by atoms with Gasteiger partial charge in [-0.2, -0.15) is 17.0 Å². The lowest BCUT2D eigenvalue weighted by molar-refractivity contribution is -0.121. The number of hydrogen-bond acceptors (Lipinski definition) is 4. The summed E-state index contributed by atoms with van der Waals surface area (Å²) >= 11 is 0. The topological polar surface area (TPSA) is 79.0 Å². The molecule has 1 amide bonds. The fourth-order valence-electron chi connectivity index (χ4n) is 3.11. The number of methoxy groups -OCH3 is 1. The van der Waals surface area contributed by atoms with Gasteiger partial charge in [0.1, 0.15) is 5.75 Å². The van der Waals surface area contributed by atoms with Crippen molar-refractivity contribution < 1.29 is 17.9 Å². The van der Waals surface area contributed by atoms with Gasteiger partial charge in [0.05, 0.1) is 7.11 Å². The van der Waals surface area contributed by atoms with Crippen LogP contribution < -0.4 is 10.1 Å². The van der Waals surface area contributed by atoms with Gasteiger partial charge in [-0.25, -0.2) is 0 Å². The molecule has 0 bridgehead atoms. The maximum Gasteiger partial charge on any atom is 0.281 e. The monoisotopic (exact) mass is 383 g/mol. The van der Waals surface area contributed by atoms with E-state index in [0.717, 1.165) is 24.2 Å². The van der Waals surface area contributed by atoms with E-state index in [9.17, 15) is 13.2 Å². The Labute approximate surface area is 156 Å². The first kappa shape index (κ1) is 20.7. The molecule has 0 aromatic heterocycles. The second kappa shape index (κ2) is 9.34. The second-order valence-corrected chi connectivity index (χ2v) is 8.97. The molecule has 146 valence electrons. The quantitative estimate of drug-likeness (QED) is 0.740. The molecule has 1 saturated heterocycles. The minimum Gasteiger partial charge on any atom is -0.497 e. The third-order valence-electron chi connectivity index (χ3n) is 4.67. The minimum atomic E-state index is -3.37. The number of piperidine rings is 1. The van der Waals surface area contributed by atoms with Gasteiger partial charge < -0.3 is 10.1 Å². The number of nitrogens with one attached hydrogen (secondary N) is 1. The van der Waals surface area contributed by atoms with E-state index in [2.05, 4.69) is 5.32 Å². The number of carbonyl (C=O) groups is 1. The van der Waals surface area contributed by atoms with Crippen LogP contribution in [0.3, 0.4) is 0 Å². The smallest absolute Gasteiger partial charge is 0.281 e. The fraction of sp³-hybridized carbons (Fsp3) is 0.611. The summed E-state index contributed by atoms with van der Waals surface area (Å²) in [6.45, 7) is 1.50. The van der Waals surface area contributed by atoms with Crippen molar-refractivity contribution in [2.24, 2.45) is 5.92 Å². The lowest BCUT2D eigenvalue weighted by Gasteiger charge is -2.33. The van der Waals surface area contributed by atoms with E-state index in [0.29, 0.717) is 32.5 Å². The summed E-state index contributed by atoms with van der Waals surface area (Å²) in [6.07, 6.45) is 2.90. The average molecular weight is 384 g/mol. The van der Waals surface area contributed by atoms with Gasteiger partial charge in [-0.3, -0.25) is 4.79 Å². The van der Waals surface area contributed by atoms with Crippen molar-refractivity contribution in [2.75, 3.05) is 34.3 Å². The molecule has 2 rings (SSSR count). The standard InChI is InChI=1S/C18H29N3O4S/c1-20(2)26(23,24)21-11-5-7-15(14-21)9-10-18(22)19-13-16-6-4-8-17(12-16)25-3/h4,6,8,12,15H,5,7,9-11,13-14H2,1-3H3,(H,19,22)/t15-/m1/s1. The van der Waals surface area contributed by atoms with Crippen molar-refractivity contribution in [1.29, 1.82) is 0 Å². The van der Waals surface area contributed by atoms with E-state index in [1.165, 1.54) is 8.61 Å². The van der Waals surface area contributed by atoms with E-state index < -0.39 is 10.2 Å². The van der Waals surface area contributed by atoms with Crippen LogP contribution in [0.15, 0.2) is 24.3 Å². The van der Waals surface area contributed by atoms with Gasteiger partial charge in [0, 0.05) is 40.2 Å². The Balaban J connectivity index is 1.78. The molecule has 8 heteroatoms. The molecule has 7 nitrogen and oxygen atoms in total. The fourth-order valence-corrected chi connectivity index (χ4v) is 4.33. The molecule has 0 unspecified atom stereocenters. The Morgan fingerprint density at radius 2 is 2.15 bits per heavy atom. The molecule has 1 aromatic carbocycles. The van der Waals surface area contributed by atoms with Crippen LogP contribution in [-0.2, 0) is 21.5 Å². The number of amides is 1. The number of nitrogens with zero attached hydrogens (tertiary/aromatic N) is 2. The first-order chi connectivity index (χ1) is 12.3. The minimum absolute atomic E-state index is 0.0135. The van der Waals surface area contributed by atoms with Gasteiger partial charge in [0.25, 0.3) is 10.2 Å². The molecule has 1 N–H and O–H groups in total. The van der Waals surface area contributed by atoms with Crippen LogP contribution in [0.1, 0.15) is 31.2 Å². The van der Waals surface area contributed by atoms with Gasteiger partial charge in [-0.15, -0.1) is 0 Å². The zero-order valence-electron chi connectivity index (χ0n) is 15.8. The number of rotatable bonds is 8. The molecule has 1 heterocycles. The SMILES string of the molecule is COc1cccc(CNC(=O)CC[C@H]2CCCN(S(=O)(=O)N(C)C)C2)c1. The summed E-state index contributed by atoms with van der Waals surface area (Å²) < 4.78 is 32.4. The van der Waals surface area contributed by atoms with Crippen molar-refractivity contribution in [2.45, 2.75) is 32.2 Å². The first-order valence-corrected chi connectivity index (χ1v) is 10.3. The molecule has 1 aliphatic heterocycles. The molecule has 1 fully saturated rings. The molecule has 1 atom stereocenters. The molecule has 1 aromatic rings. The van der Waals surface area contributed by atoms with Crippen LogP contribution in [0.5, 0.6) is 5.75 Å². The Morgan fingerprint density at radius 3 is 2.85 bits per heavy atom. The van der Waals surface area contributed by atoms with Gasteiger partial charge in [0.15, 0.2) is 0 Å². The Hall–Kier alpha value is -1.64. The van der Waals surface area contributed by atoms with Gasteiger partial charge in [0.2, 0.25) is 5.91 Å². The third-order valence-corrected chi connectivity index (χ3v) is 6.58. The van der Waals surface area contributed by atoms with E-state index in [1.807, 2.05) is 24.3 Å². The number of carbonyl (C=O) groups excluding carboxylic acids is 1. The molecule has 26 heavy (non-hydrogen) atoms. The summed E-state index contributed by atoms with van der Waals surface area (Å²) in [5.41, 5.74) is 0.985. The lowest BCUT2D eigenvalue weighted by atomic mass is 9.94. The summed E-state index contributed by atoms with van der Waals surface area (Å²) in [6, 6.07) is 7.59. The van der Waals surface area contributed by atoms with Crippen LogP contribution >= 0.6 is 0 Å². The van der Waals surface area contributed by atoms with Gasteiger partial charge >= 0.3 is 0 Å². The highest BCUT2D eigenvalue weighted by Gasteiger charge is 2.30. The van der Waals surface area contributed by atoms with Crippen molar-refractivity contribution in [3.05, 3.63) is 29.8 Å². The maximum atomic E-state index is 12.2. The summed E-state index contributed by atoms with van der Waals surface area (Å²) in [4.78, 5) is 12.1. The van der Waals surface area contributed by atoms with Crippen LogP contribution in [0.2, 0.25) is 0 Å². The summed E-state index contributed by atoms with van der Waals surface area (Å²) in [5.74, 6) is 0.975.